The zero-order chi connectivity index (χ0) is 27.1. The van der Waals surface area contributed by atoms with Crippen LogP contribution in [0, 0.1) is 0 Å². The van der Waals surface area contributed by atoms with Crippen LogP contribution in [0.15, 0.2) is 72.9 Å². The second-order valence-electron chi connectivity index (χ2n) is 9.74. The molecule has 0 saturated heterocycles. The highest BCUT2D eigenvalue weighted by Crippen LogP contribution is 2.28. The lowest BCUT2D eigenvalue weighted by molar-refractivity contribution is -0.137. The number of hydrogen-bond acceptors (Lipinski definition) is 3. The number of benzene rings is 3. The summed E-state index contributed by atoms with van der Waals surface area (Å²) in [6, 6.07) is 22.2. The molecule has 1 aromatic heterocycles. The number of carboxylic acid groups (broad SMARTS) is 2. The molecule has 3 aromatic carbocycles. The van der Waals surface area contributed by atoms with Crippen LogP contribution in [0.3, 0.4) is 0 Å². The number of carboxylic acids is 2. The lowest BCUT2D eigenvalue weighted by Gasteiger charge is -2.09. The minimum Gasteiger partial charge on any atom is -0.489 e. The fourth-order valence-electron chi connectivity index (χ4n) is 4.52. The minimum absolute atomic E-state index is 0.0671. The number of fused-ring (bicyclic) bond motifs is 1. The van der Waals surface area contributed by atoms with Crippen molar-refractivity contribution in [2.24, 2.45) is 0 Å². The molecule has 0 aliphatic rings. The van der Waals surface area contributed by atoms with E-state index < -0.39 is 11.9 Å². The van der Waals surface area contributed by atoms with Crippen molar-refractivity contribution < 1.29 is 24.5 Å². The van der Waals surface area contributed by atoms with E-state index in [1.807, 2.05) is 65.4 Å². The molecular weight excluding hydrogens is 478 g/mol. The Morgan fingerprint density at radius 3 is 2.32 bits per heavy atom. The van der Waals surface area contributed by atoms with Gasteiger partial charge >= 0.3 is 11.9 Å². The van der Waals surface area contributed by atoms with Gasteiger partial charge in [0.1, 0.15) is 12.4 Å². The predicted molar refractivity (Wildman–Crippen MR) is 150 cm³/mol. The Labute approximate surface area is 222 Å². The van der Waals surface area contributed by atoms with Crippen LogP contribution < -0.4 is 4.74 Å². The number of nitrogens with zero attached hydrogens (tertiary/aromatic N) is 1. The molecule has 0 fully saturated rings. The summed E-state index contributed by atoms with van der Waals surface area (Å²) in [5.74, 6) is -0.447. The third-order valence-electron chi connectivity index (χ3n) is 6.54. The fraction of sp³-hybridized carbons (Fsp3) is 0.250. The van der Waals surface area contributed by atoms with E-state index in [0.29, 0.717) is 31.1 Å². The van der Waals surface area contributed by atoms with E-state index in [-0.39, 0.29) is 12.8 Å². The first-order valence-electron chi connectivity index (χ1n) is 12.8. The second-order valence-corrected chi connectivity index (χ2v) is 9.74. The van der Waals surface area contributed by atoms with Gasteiger partial charge in [-0.1, -0.05) is 74.5 Å². The van der Waals surface area contributed by atoms with Gasteiger partial charge in [0.05, 0.1) is 6.42 Å². The van der Waals surface area contributed by atoms with Crippen molar-refractivity contribution in [2.75, 3.05) is 0 Å². The molecule has 0 saturated carbocycles. The quantitative estimate of drug-likeness (QED) is 0.200. The van der Waals surface area contributed by atoms with E-state index in [1.165, 1.54) is 5.56 Å². The maximum Gasteiger partial charge on any atom is 0.307 e. The fourth-order valence-corrected chi connectivity index (χ4v) is 4.52. The average Bonchev–Trinajstić information content (AvgIpc) is 3.24. The molecule has 6 heteroatoms. The molecule has 196 valence electrons. The summed E-state index contributed by atoms with van der Waals surface area (Å²) in [6.45, 7) is 5.38. The summed E-state index contributed by atoms with van der Waals surface area (Å²) < 4.78 is 7.91. The molecule has 4 aromatic rings. The molecule has 0 atom stereocenters. The number of ether oxygens (including phenoxy) is 1. The summed E-state index contributed by atoms with van der Waals surface area (Å²) >= 11 is 0. The molecule has 0 radical (unpaired) electrons. The Hall–Kier alpha value is -4.32. The Morgan fingerprint density at radius 1 is 0.921 bits per heavy atom. The average molecular weight is 512 g/mol. The number of carbonyl (C=O) groups is 2. The summed E-state index contributed by atoms with van der Waals surface area (Å²) in [5, 5.41) is 19.3. The maximum atomic E-state index is 11.5. The van der Waals surface area contributed by atoms with Gasteiger partial charge in [-0.2, -0.15) is 0 Å². The molecule has 0 amide bonds. The Morgan fingerprint density at radius 2 is 1.66 bits per heavy atom. The molecule has 0 spiro atoms. The van der Waals surface area contributed by atoms with Crippen LogP contribution in [0.1, 0.15) is 60.4 Å². The highest BCUT2D eigenvalue weighted by Gasteiger charge is 2.14. The Bertz CT molecular complexity index is 1430. The van der Waals surface area contributed by atoms with Gasteiger partial charge in [-0.25, -0.2) is 0 Å². The number of rotatable bonds is 12. The number of hydrogen-bond donors (Lipinski definition) is 2. The smallest absolute Gasteiger partial charge is 0.307 e. The van der Waals surface area contributed by atoms with Gasteiger partial charge < -0.3 is 19.5 Å². The lowest BCUT2D eigenvalue weighted by atomic mass is 10.0. The normalized spacial score (nSPS) is 11.4. The molecule has 2 N–H and O–H groups in total. The Kier molecular flexibility index (Phi) is 8.64. The molecule has 0 aliphatic carbocycles. The van der Waals surface area contributed by atoms with Gasteiger partial charge in [-0.05, 0) is 58.4 Å². The highest BCUT2D eigenvalue weighted by molar-refractivity contribution is 5.96. The van der Waals surface area contributed by atoms with Crippen LogP contribution in [0.5, 0.6) is 5.75 Å². The zero-order valence-corrected chi connectivity index (χ0v) is 21.8. The predicted octanol–water partition coefficient (Wildman–Crippen LogP) is 7.01. The lowest BCUT2D eigenvalue weighted by Crippen LogP contribution is -2.01. The van der Waals surface area contributed by atoms with Gasteiger partial charge in [0.2, 0.25) is 0 Å². The molecule has 1 heterocycles. The minimum atomic E-state index is -0.903. The summed E-state index contributed by atoms with van der Waals surface area (Å²) in [5.41, 5.74) is 5.97. The standard InChI is InChI=1S/C32H33NO5/c1-22(2)25-13-9-24(10-14-25)21-38-28-16-11-23(12-17-28)8-15-26-5-3-6-29-32(26)27(19-31(36)37)20-33(29)18-4-7-30(34)35/h3,5-6,8-17,20,22H,4,7,18-19,21H2,1-2H3,(H,34,35)(H,36,37)/b15-8+. The van der Waals surface area contributed by atoms with E-state index in [0.717, 1.165) is 33.3 Å². The maximum absolute atomic E-state index is 11.5. The molecule has 38 heavy (non-hydrogen) atoms. The zero-order valence-electron chi connectivity index (χ0n) is 21.8. The van der Waals surface area contributed by atoms with Crippen molar-refractivity contribution in [3.63, 3.8) is 0 Å². The van der Waals surface area contributed by atoms with Crippen LogP contribution >= 0.6 is 0 Å². The molecule has 0 aliphatic heterocycles. The molecular formula is C32H33NO5. The van der Waals surface area contributed by atoms with Gasteiger partial charge in [-0.3, -0.25) is 9.59 Å². The van der Waals surface area contributed by atoms with E-state index in [9.17, 15) is 14.7 Å². The number of aliphatic carboxylic acids is 2. The largest absolute Gasteiger partial charge is 0.489 e. The van der Waals surface area contributed by atoms with E-state index in [4.69, 9.17) is 9.84 Å². The van der Waals surface area contributed by atoms with Crippen LogP contribution in [-0.2, 0) is 29.2 Å². The monoisotopic (exact) mass is 511 g/mol. The van der Waals surface area contributed by atoms with Crippen molar-refractivity contribution >= 4 is 35.0 Å². The van der Waals surface area contributed by atoms with Gasteiger partial charge in [0.15, 0.2) is 0 Å². The summed E-state index contributed by atoms with van der Waals surface area (Å²) in [4.78, 5) is 22.4. The van der Waals surface area contributed by atoms with Crippen molar-refractivity contribution in [2.45, 2.75) is 52.2 Å². The van der Waals surface area contributed by atoms with Crippen LogP contribution in [-0.4, -0.2) is 26.7 Å². The number of aromatic nitrogens is 1. The summed E-state index contributed by atoms with van der Waals surface area (Å²) in [6.07, 6.45) is 6.26. The molecule has 0 unspecified atom stereocenters. The summed E-state index contributed by atoms with van der Waals surface area (Å²) in [7, 11) is 0. The van der Waals surface area contributed by atoms with Gasteiger partial charge in [-0.15, -0.1) is 0 Å². The van der Waals surface area contributed by atoms with E-state index in [2.05, 4.69) is 38.1 Å². The highest BCUT2D eigenvalue weighted by atomic mass is 16.5. The first-order chi connectivity index (χ1) is 18.3. The van der Waals surface area contributed by atoms with Crippen LogP contribution in [0.25, 0.3) is 23.1 Å². The molecule has 4 rings (SSSR count). The first kappa shape index (κ1) is 26.7. The van der Waals surface area contributed by atoms with Gasteiger partial charge in [0.25, 0.3) is 0 Å². The first-order valence-corrected chi connectivity index (χ1v) is 12.8. The third-order valence-corrected chi connectivity index (χ3v) is 6.54. The van der Waals surface area contributed by atoms with Crippen molar-refractivity contribution in [3.8, 4) is 5.75 Å². The van der Waals surface area contributed by atoms with Gasteiger partial charge in [0, 0.05) is 30.1 Å². The molecule has 0 bridgehead atoms. The number of aryl methyl sites for hydroxylation is 1. The van der Waals surface area contributed by atoms with Crippen molar-refractivity contribution in [1.82, 2.24) is 4.57 Å². The Balaban J connectivity index is 1.48. The van der Waals surface area contributed by atoms with Crippen LogP contribution in [0.4, 0.5) is 0 Å². The second kappa shape index (κ2) is 12.3. The topological polar surface area (TPSA) is 88.8 Å². The SMILES string of the molecule is CC(C)c1ccc(COc2ccc(/C=C/c3cccc4c3c(CC(=O)O)cn4CCCC(=O)O)cc2)cc1. The van der Waals surface area contributed by atoms with E-state index in [1.54, 1.807) is 0 Å². The van der Waals surface area contributed by atoms with E-state index >= 15 is 0 Å². The third kappa shape index (κ3) is 6.91. The molecule has 6 nitrogen and oxygen atoms in total. The van der Waals surface area contributed by atoms with Crippen LogP contribution in [0.2, 0.25) is 0 Å². The van der Waals surface area contributed by atoms with Crippen molar-refractivity contribution in [3.05, 3.63) is 101 Å². The van der Waals surface area contributed by atoms with Crippen molar-refractivity contribution in [1.29, 1.82) is 0 Å².